The third-order valence-corrected chi connectivity index (χ3v) is 4.10. The van der Waals surface area contributed by atoms with Gasteiger partial charge >= 0.3 is 5.97 Å². The maximum atomic E-state index is 12.2. The summed E-state index contributed by atoms with van der Waals surface area (Å²) in [6.07, 6.45) is 0.833. The van der Waals surface area contributed by atoms with E-state index < -0.39 is 15.4 Å². The van der Waals surface area contributed by atoms with Gasteiger partial charge in [-0.3, -0.25) is 4.79 Å². The van der Waals surface area contributed by atoms with Crippen molar-refractivity contribution in [3.63, 3.8) is 0 Å². The number of hydrogen-bond donors (Lipinski definition) is 2. The lowest BCUT2D eigenvalue weighted by atomic mass is 9.95. The molecule has 0 fully saturated rings. The average Bonchev–Trinajstić information content (AvgIpc) is 2.53. The number of alkyl halides is 3. The molecule has 0 saturated heterocycles. The van der Waals surface area contributed by atoms with Gasteiger partial charge < -0.3 is 15.4 Å². The summed E-state index contributed by atoms with van der Waals surface area (Å²) >= 11 is 17.9. The van der Waals surface area contributed by atoms with E-state index in [2.05, 4.69) is 10.6 Å². The van der Waals surface area contributed by atoms with Crippen molar-refractivity contribution in [3.05, 3.63) is 29.8 Å². The van der Waals surface area contributed by atoms with Crippen LogP contribution in [0.5, 0.6) is 0 Å². The fourth-order valence-electron chi connectivity index (χ4n) is 1.81. The van der Waals surface area contributed by atoms with Crippen LogP contribution in [0.15, 0.2) is 24.3 Å². The summed E-state index contributed by atoms with van der Waals surface area (Å²) in [7, 11) is 0. The number of ether oxygens (including phenoxy) is 1. The largest absolute Gasteiger partial charge is 0.462 e. The first-order chi connectivity index (χ1) is 11.9. The number of esters is 1. The normalized spacial score (nSPS) is 13.0. The van der Waals surface area contributed by atoms with E-state index in [1.165, 1.54) is 0 Å². The molecule has 0 saturated carbocycles. The van der Waals surface area contributed by atoms with Crippen molar-refractivity contribution >= 4 is 52.4 Å². The van der Waals surface area contributed by atoms with E-state index in [1.54, 1.807) is 45.0 Å². The second-order valence-corrected chi connectivity index (χ2v) is 9.28. The topological polar surface area (TPSA) is 67.4 Å². The Kier molecular flexibility index (Phi) is 8.51. The van der Waals surface area contributed by atoms with Crippen LogP contribution in [0.3, 0.4) is 0 Å². The highest BCUT2D eigenvalue weighted by molar-refractivity contribution is 6.68. The maximum Gasteiger partial charge on any atom is 0.338 e. The summed E-state index contributed by atoms with van der Waals surface area (Å²) in [6, 6.07) is 6.53. The van der Waals surface area contributed by atoms with Crippen molar-refractivity contribution < 1.29 is 14.3 Å². The molecule has 0 spiro atoms. The van der Waals surface area contributed by atoms with E-state index in [9.17, 15) is 9.59 Å². The van der Waals surface area contributed by atoms with E-state index in [-0.39, 0.29) is 11.9 Å². The molecule has 0 bridgehead atoms. The van der Waals surface area contributed by atoms with Gasteiger partial charge in [0, 0.05) is 11.1 Å². The molecule has 0 aromatic heterocycles. The zero-order valence-electron chi connectivity index (χ0n) is 15.4. The molecular weight excluding hydrogens is 399 g/mol. The van der Waals surface area contributed by atoms with E-state index in [0.29, 0.717) is 17.9 Å². The number of hydrogen-bond acceptors (Lipinski definition) is 4. The van der Waals surface area contributed by atoms with Crippen molar-refractivity contribution in [1.29, 1.82) is 0 Å². The number of carbonyl (C=O) groups excluding carboxylic acids is 2. The van der Waals surface area contributed by atoms with Gasteiger partial charge in [-0.25, -0.2) is 4.79 Å². The average molecular weight is 424 g/mol. The highest BCUT2D eigenvalue weighted by Crippen LogP contribution is 2.32. The predicted octanol–water partition coefficient (Wildman–Crippen LogP) is 4.91. The van der Waals surface area contributed by atoms with E-state index >= 15 is 0 Å². The lowest BCUT2D eigenvalue weighted by Crippen LogP contribution is -2.52. The second-order valence-electron chi connectivity index (χ2n) is 6.91. The summed E-state index contributed by atoms with van der Waals surface area (Å²) in [5, 5.41) is 5.64. The molecule has 146 valence electrons. The van der Waals surface area contributed by atoms with Gasteiger partial charge in [0.05, 0.1) is 12.2 Å². The van der Waals surface area contributed by atoms with Crippen LogP contribution in [0, 0.1) is 5.41 Å². The molecule has 0 aliphatic carbocycles. The number of benzene rings is 1. The van der Waals surface area contributed by atoms with Crippen molar-refractivity contribution in [2.75, 3.05) is 11.9 Å². The monoisotopic (exact) mass is 422 g/mol. The minimum Gasteiger partial charge on any atom is -0.462 e. The first-order valence-electron chi connectivity index (χ1n) is 8.36. The molecule has 1 atom stereocenters. The molecule has 1 amide bonds. The molecule has 26 heavy (non-hydrogen) atoms. The Bertz CT molecular complexity index is 608. The Morgan fingerprint density at radius 3 is 2.15 bits per heavy atom. The van der Waals surface area contributed by atoms with Crippen molar-refractivity contribution in [3.8, 4) is 0 Å². The Hall–Kier alpha value is -1.17. The van der Waals surface area contributed by atoms with Gasteiger partial charge in [-0.15, -0.1) is 0 Å². The third-order valence-electron chi connectivity index (χ3n) is 3.45. The van der Waals surface area contributed by atoms with Crippen LogP contribution >= 0.6 is 34.8 Å². The van der Waals surface area contributed by atoms with Crippen LogP contribution < -0.4 is 10.6 Å². The number of nitrogens with one attached hydrogen (secondary N) is 2. The molecule has 0 heterocycles. The standard InChI is InChI=1S/C18H25Cl3N2O3/c1-5-6-11-26-14(24)12-7-9-13(10-8-12)22-15(18(19,20)21)23-16(25)17(2,3)4/h7-10,15,22H,5-6,11H2,1-4H3,(H,23,25)/t15-/m1/s1. The van der Waals surface area contributed by atoms with Gasteiger partial charge in [-0.05, 0) is 30.7 Å². The second kappa shape index (κ2) is 9.67. The number of amides is 1. The third kappa shape index (κ3) is 7.60. The lowest BCUT2D eigenvalue weighted by molar-refractivity contribution is -0.129. The van der Waals surface area contributed by atoms with Gasteiger partial charge in [0.25, 0.3) is 0 Å². The fourth-order valence-corrected chi connectivity index (χ4v) is 2.14. The molecule has 8 heteroatoms. The van der Waals surface area contributed by atoms with Gasteiger partial charge in [-0.2, -0.15) is 0 Å². The fraction of sp³-hybridized carbons (Fsp3) is 0.556. The van der Waals surface area contributed by atoms with E-state index in [1.807, 2.05) is 6.92 Å². The Labute approximate surface area is 169 Å². The van der Waals surface area contributed by atoms with Crippen LogP contribution in [0.1, 0.15) is 50.9 Å². The van der Waals surface area contributed by atoms with Gasteiger partial charge in [0.1, 0.15) is 6.17 Å². The zero-order chi connectivity index (χ0) is 20.0. The molecule has 0 aliphatic heterocycles. The summed E-state index contributed by atoms with van der Waals surface area (Å²) in [4.78, 5) is 24.1. The molecule has 1 rings (SSSR count). The van der Waals surface area contributed by atoms with Gasteiger partial charge in [-0.1, -0.05) is 68.9 Å². The SMILES string of the molecule is CCCCOC(=O)c1ccc(N[C@H](NC(=O)C(C)(C)C)C(Cl)(Cl)Cl)cc1. The molecule has 5 nitrogen and oxygen atoms in total. The number of unbranched alkanes of at least 4 members (excludes halogenated alkanes) is 1. The number of anilines is 1. The smallest absolute Gasteiger partial charge is 0.338 e. The minimum atomic E-state index is -1.77. The molecule has 0 radical (unpaired) electrons. The summed E-state index contributed by atoms with van der Waals surface area (Å²) in [5.74, 6) is -0.651. The summed E-state index contributed by atoms with van der Waals surface area (Å²) < 4.78 is 3.39. The Balaban J connectivity index is 2.80. The molecule has 1 aromatic carbocycles. The van der Waals surface area contributed by atoms with Crippen LogP contribution in [0.2, 0.25) is 0 Å². The predicted molar refractivity (Wildman–Crippen MR) is 107 cm³/mol. The van der Waals surface area contributed by atoms with Crippen molar-refractivity contribution in [2.24, 2.45) is 5.41 Å². The molecule has 1 aromatic rings. The number of halogens is 3. The Morgan fingerprint density at radius 2 is 1.69 bits per heavy atom. The van der Waals surface area contributed by atoms with E-state index in [0.717, 1.165) is 12.8 Å². The zero-order valence-corrected chi connectivity index (χ0v) is 17.6. The van der Waals surface area contributed by atoms with Crippen molar-refractivity contribution in [1.82, 2.24) is 5.32 Å². The van der Waals surface area contributed by atoms with Gasteiger partial charge in [0.2, 0.25) is 9.70 Å². The summed E-state index contributed by atoms with van der Waals surface area (Å²) in [5.41, 5.74) is 0.374. The highest BCUT2D eigenvalue weighted by Gasteiger charge is 2.36. The van der Waals surface area contributed by atoms with E-state index in [4.69, 9.17) is 39.5 Å². The molecular formula is C18H25Cl3N2O3. The first kappa shape index (κ1) is 22.9. The number of rotatable bonds is 7. The number of carbonyl (C=O) groups is 2. The van der Waals surface area contributed by atoms with Crippen LogP contribution in [-0.2, 0) is 9.53 Å². The van der Waals surface area contributed by atoms with Crippen molar-refractivity contribution in [2.45, 2.75) is 50.5 Å². The minimum absolute atomic E-state index is 0.266. The lowest BCUT2D eigenvalue weighted by Gasteiger charge is -2.30. The van der Waals surface area contributed by atoms with Gasteiger partial charge in [0.15, 0.2) is 0 Å². The van der Waals surface area contributed by atoms with Crippen LogP contribution in [0.25, 0.3) is 0 Å². The molecule has 2 N–H and O–H groups in total. The van der Waals surface area contributed by atoms with Crippen LogP contribution in [0.4, 0.5) is 5.69 Å². The molecule has 0 aliphatic rings. The quantitative estimate of drug-likeness (QED) is 0.283. The summed E-state index contributed by atoms with van der Waals surface area (Å²) in [6.45, 7) is 7.70. The molecule has 0 unspecified atom stereocenters. The maximum absolute atomic E-state index is 12.2. The van der Waals surface area contributed by atoms with Crippen LogP contribution in [-0.4, -0.2) is 28.4 Å². The highest BCUT2D eigenvalue weighted by atomic mass is 35.6. The Morgan fingerprint density at radius 1 is 1.12 bits per heavy atom. The first-order valence-corrected chi connectivity index (χ1v) is 9.50.